The number of aliphatic carboxylic acids is 1. The van der Waals surface area contributed by atoms with Crippen LogP contribution in [-0.2, 0) is 19.6 Å². The molecule has 11 heteroatoms. The predicted molar refractivity (Wildman–Crippen MR) is 101 cm³/mol. The summed E-state index contributed by atoms with van der Waals surface area (Å²) in [5.74, 6) is -1.78. The van der Waals surface area contributed by atoms with Crippen molar-refractivity contribution < 1.29 is 27.9 Å². The van der Waals surface area contributed by atoms with Crippen molar-refractivity contribution in [3.05, 3.63) is 28.8 Å². The molecule has 3 N–H and O–H groups in total. The second kappa shape index (κ2) is 8.59. The first kappa shape index (κ1) is 21.7. The lowest BCUT2D eigenvalue weighted by Crippen LogP contribution is -2.43. The fraction of sp³-hybridized carbons (Fsp3) is 0.438. The lowest BCUT2D eigenvalue weighted by Gasteiger charge is -2.24. The molecule has 0 radical (unpaired) electrons. The molecular weight excluding hydrogens is 416 g/mol. The van der Waals surface area contributed by atoms with E-state index in [1.165, 1.54) is 17.0 Å². The standard InChI is InChI=1S/C16H19ClN2O6S2/c1-9(14(20)19-6-2-3-12(19)15(21)22)8-26-16(23)10-4-5-11(17)13(7-10)27(18,24)25/h4-5,7,9,12H,2-3,6,8H2,1H3,(H,21,22)(H2,18,24,25)/t9?,12-/m0/s1. The molecule has 27 heavy (non-hydrogen) atoms. The smallest absolute Gasteiger partial charge is 0.326 e. The lowest BCUT2D eigenvalue weighted by molar-refractivity contribution is -0.149. The van der Waals surface area contributed by atoms with Crippen LogP contribution in [0.25, 0.3) is 0 Å². The summed E-state index contributed by atoms with van der Waals surface area (Å²) in [7, 11) is -4.07. The number of primary sulfonamides is 1. The predicted octanol–water partition coefficient (Wildman–Crippen LogP) is 1.57. The summed E-state index contributed by atoms with van der Waals surface area (Å²) in [6.45, 7) is 2.01. The average molecular weight is 435 g/mol. The Bertz CT molecular complexity index is 874. The summed E-state index contributed by atoms with van der Waals surface area (Å²) in [6.07, 6.45) is 1.05. The van der Waals surface area contributed by atoms with Crippen molar-refractivity contribution in [2.45, 2.75) is 30.7 Å². The van der Waals surface area contributed by atoms with Crippen molar-refractivity contribution in [3.63, 3.8) is 0 Å². The maximum absolute atomic E-state index is 12.5. The summed E-state index contributed by atoms with van der Waals surface area (Å²) in [5, 5.41) is 13.7. The molecule has 148 valence electrons. The van der Waals surface area contributed by atoms with Crippen LogP contribution in [0.3, 0.4) is 0 Å². The van der Waals surface area contributed by atoms with Crippen LogP contribution in [0, 0.1) is 5.92 Å². The quantitative estimate of drug-likeness (QED) is 0.693. The minimum absolute atomic E-state index is 0.0867. The SMILES string of the molecule is CC(CSC(=O)c1ccc(Cl)c(S(N)(=O)=O)c1)C(=O)N1CCC[C@H]1C(=O)O. The molecule has 1 aliphatic heterocycles. The number of hydrogen-bond donors (Lipinski definition) is 2. The number of carboxylic acid groups (broad SMARTS) is 1. The van der Waals surface area contributed by atoms with Gasteiger partial charge in [-0.15, -0.1) is 0 Å². The zero-order valence-corrected chi connectivity index (χ0v) is 16.8. The number of rotatable bonds is 6. The van der Waals surface area contributed by atoms with E-state index in [1.807, 2.05) is 0 Å². The molecule has 0 spiro atoms. The molecule has 1 amide bonds. The molecule has 1 aromatic rings. The van der Waals surface area contributed by atoms with Crippen LogP contribution in [0.1, 0.15) is 30.1 Å². The minimum Gasteiger partial charge on any atom is -0.480 e. The number of likely N-dealkylation sites (tertiary alicyclic amines) is 1. The van der Waals surface area contributed by atoms with Gasteiger partial charge in [0.2, 0.25) is 21.0 Å². The van der Waals surface area contributed by atoms with Crippen molar-refractivity contribution in [3.8, 4) is 0 Å². The Morgan fingerprint density at radius 3 is 2.67 bits per heavy atom. The fourth-order valence-electron chi connectivity index (χ4n) is 2.77. The molecule has 2 atom stereocenters. The van der Waals surface area contributed by atoms with Gasteiger partial charge in [0, 0.05) is 23.8 Å². The number of sulfonamides is 1. The van der Waals surface area contributed by atoms with Gasteiger partial charge in [0.15, 0.2) is 0 Å². The van der Waals surface area contributed by atoms with Crippen molar-refractivity contribution in [1.29, 1.82) is 0 Å². The zero-order chi connectivity index (χ0) is 20.4. The molecule has 0 aromatic heterocycles. The molecule has 0 bridgehead atoms. The first-order chi connectivity index (χ1) is 12.5. The van der Waals surface area contributed by atoms with Gasteiger partial charge >= 0.3 is 5.97 Å². The lowest BCUT2D eigenvalue weighted by atomic mass is 10.1. The summed E-state index contributed by atoms with van der Waals surface area (Å²) in [6, 6.07) is 2.92. The summed E-state index contributed by atoms with van der Waals surface area (Å²) in [4.78, 5) is 37.0. The van der Waals surface area contributed by atoms with Gasteiger partial charge in [0.25, 0.3) is 0 Å². The molecule has 1 saturated heterocycles. The van der Waals surface area contributed by atoms with Gasteiger partial charge in [0.05, 0.1) is 5.02 Å². The number of carbonyl (C=O) groups excluding carboxylic acids is 2. The van der Waals surface area contributed by atoms with Gasteiger partial charge in [-0.3, -0.25) is 9.59 Å². The van der Waals surface area contributed by atoms with E-state index in [0.29, 0.717) is 19.4 Å². The fourth-order valence-corrected chi connectivity index (χ4v) is 4.68. The molecule has 1 fully saturated rings. The Balaban J connectivity index is 2.03. The number of carboxylic acids is 1. The minimum atomic E-state index is -4.07. The number of thioether (sulfide) groups is 1. The van der Waals surface area contributed by atoms with E-state index in [9.17, 15) is 27.9 Å². The van der Waals surface area contributed by atoms with E-state index >= 15 is 0 Å². The third-order valence-electron chi connectivity index (χ3n) is 4.18. The van der Waals surface area contributed by atoms with Crippen molar-refractivity contribution in [2.24, 2.45) is 11.1 Å². The van der Waals surface area contributed by atoms with E-state index in [0.717, 1.165) is 17.8 Å². The number of hydrogen-bond acceptors (Lipinski definition) is 6. The van der Waals surface area contributed by atoms with Crippen molar-refractivity contribution in [1.82, 2.24) is 4.90 Å². The number of nitrogens with zero attached hydrogens (tertiary/aromatic N) is 1. The largest absolute Gasteiger partial charge is 0.480 e. The van der Waals surface area contributed by atoms with Gasteiger partial charge < -0.3 is 10.0 Å². The molecule has 1 heterocycles. The molecule has 2 rings (SSSR count). The number of benzene rings is 1. The van der Waals surface area contributed by atoms with Crippen LogP contribution in [0.4, 0.5) is 0 Å². The highest BCUT2D eigenvalue weighted by Crippen LogP contribution is 2.26. The maximum atomic E-state index is 12.5. The summed E-state index contributed by atoms with van der Waals surface area (Å²) < 4.78 is 23.0. The van der Waals surface area contributed by atoms with E-state index in [2.05, 4.69) is 0 Å². The topological polar surface area (TPSA) is 135 Å². The molecular formula is C16H19ClN2O6S2. The molecule has 1 aliphatic rings. The zero-order valence-electron chi connectivity index (χ0n) is 14.4. The number of halogens is 1. The van der Waals surface area contributed by atoms with E-state index in [-0.39, 0.29) is 27.1 Å². The van der Waals surface area contributed by atoms with Crippen molar-refractivity contribution in [2.75, 3.05) is 12.3 Å². The van der Waals surface area contributed by atoms with Gasteiger partial charge in [0.1, 0.15) is 10.9 Å². The molecule has 0 saturated carbocycles. The van der Waals surface area contributed by atoms with Crippen LogP contribution in [0.15, 0.2) is 23.1 Å². The summed E-state index contributed by atoms with van der Waals surface area (Å²) >= 11 is 6.64. The summed E-state index contributed by atoms with van der Waals surface area (Å²) in [5.41, 5.74) is 0.0951. The van der Waals surface area contributed by atoms with Crippen LogP contribution >= 0.6 is 23.4 Å². The Morgan fingerprint density at radius 2 is 2.07 bits per heavy atom. The van der Waals surface area contributed by atoms with Crippen LogP contribution in [-0.4, -0.2) is 53.8 Å². The second-order valence-corrected chi connectivity index (χ2v) is 9.15. The van der Waals surface area contributed by atoms with Crippen molar-refractivity contribution >= 4 is 50.4 Å². The van der Waals surface area contributed by atoms with Gasteiger partial charge in [-0.25, -0.2) is 18.4 Å². The average Bonchev–Trinajstić information content (AvgIpc) is 3.08. The molecule has 8 nitrogen and oxygen atoms in total. The first-order valence-corrected chi connectivity index (χ1v) is 11.0. The molecule has 1 aromatic carbocycles. The Hall–Kier alpha value is -1.62. The van der Waals surface area contributed by atoms with E-state index < -0.39 is 33.1 Å². The highest BCUT2D eigenvalue weighted by molar-refractivity contribution is 8.14. The number of carbonyl (C=O) groups is 3. The highest BCUT2D eigenvalue weighted by Gasteiger charge is 2.35. The van der Waals surface area contributed by atoms with Crippen LogP contribution in [0.5, 0.6) is 0 Å². The second-order valence-electron chi connectivity index (χ2n) is 6.22. The third kappa shape index (κ3) is 5.22. The van der Waals surface area contributed by atoms with E-state index in [4.69, 9.17) is 16.7 Å². The van der Waals surface area contributed by atoms with E-state index in [1.54, 1.807) is 6.92 Å². The first-order valence-electron chi connectivity index (χ1n) is 8.05. The third-order valence-corrected chi connectivity index (χ3v) is 6.74. The molecule has 1 unspecified atom stereocenters. The van der Waals surface area contributed by atoms with Crippen LogP contribution in [0.2, 0.25) is 5.02 Å². The number of amides is 1. The number of nitrogens with two attached hydrogens (primary N) is 1. The van der Waals surface area contributed by atoms with Gasteiger partial charge in [-0.05, 0) is 31.0 Å². The van der Waals surface area contributed by atoms with Gasteiger partial charge in [-0.2, -0.15) is 0 Å². The Morgan fingerprint density at radius 1 is 1.41 bits per heavy atom. The Kier molecular flexibility index (Phi) is 6.90. The molecule has 0 aliphatic carbocycles. The monoisotopic (exact) mass is 434 g/mol. The normalized spacial score (nSPS) is 18.3. The Labute approximate surface area is 166 Å². The maximum Gasteiger partial charge on any atom is 0.326 e. The van der Waals surface area contributed by atoms with Crippen LogP contribution < -0.4 is 5.14 Å². The highest BCUT2D eigenvalue weighted by atomic mass is 35.5. The van der Waals surface area contributed by atoms with Gasteiger partial charge in [-0.1, -0.05) is 30.3 Å².